The number of hydrogen-bond acceptors (Lipinski definition) is 4. The Morgan fingerprint density at radius 1 is 0.917 bits per heavy atom. The normalized spacial score (nSPS) is 13.8. The minimum absolute atomic E-state index is 0.0492. The average Bonchev–Trinajstić information content (AvgIpc) is 2.80. The van der Waals surface area contributed by atoms with Gasteiger partial charge in [-0.05, 0) is 11.6 Å². The lowest BCUT2D eigenvalue weighted by atomic mass is 10.1. The summed E-state index contributed by atoms with van der Waals surface area (Å²) in [4.78, 5) is 23.1. The van der Waals surface area contributed by atoms with E-state index in [0.717, 1.165) is 22.5 Å². The highest BCUT2D eigenvalue weighted by molar-refractivity contribution is 5.95. The molecule has 1 aromatic heterocycles. The number of fused-ring (bicyclic) bond motifs is 1. The van der Waals surface area contributed by atoms with Crippen molar-refractivity contribution >= 4 is 17.4 Å². The van der Waals surface area contributed by atoms with Crippen LogP contribution < -0.4 is 10.2 Å². The lowest BCUT2D eigenvalue weighted by Gasteiger charge is -2.20. The van der Waals surface area contributed by atoms with E-state index in [1.807, 2.05) is 59.5 Å². The second-order valence-electron chi connectivity index (χ2n) is 5.69. The zero-order valence-corrected chi connectivity index (χ0v) is 13.0. The molecule has 118 valence electrons. The number of hydrogen-bond donors (Lipinski definition) is 1. The summed E-state index contributed by atoms with van der Waals surface area (Å²) in [5.74, 6) is 0.648. The highest BCUT2D eigenvalue weighted by atomic mass is 16.2. The van der Waals surface area contributed by atoms with Gasteiger partial charge in [-0.1, -0.05) is 48.5 Å². The highest BCUT2D eigenvalue weighted by Crippen LogP contribution is 2.25. The Balaban J connectivity index is 1.70. The molecule has 24 heavy (non-hydrogen) atoms. The molecule has 1 amide bonds. The molecular formula is C19H16N4O. The van der Waals surface area contributed by atoms with Crippen LogP contribution >= 0.6 is 0 Å². The maximum atomic E-state index is 12.2. The van der Waals surface area contributed by atoms with Gasteiger partial charge in [-0.2, -0.15) is 0 Å². The van der Waals surface area contributed by atoms with Crippen molar-refractivity contribution in [2.24, 2.45) is 0 Å². The maximum Gasteiger partial charge on any atom is 0.243 e. The van der Waals surface area contributed by atoms with Gasteiger partial charge in [0, 0.05) is 17.8 Å². The number of carbonyl (C=O) groups is 1. The van der Waals surface area contributed by atoms with E-state index in [2.05, 4.69) is 10.3 Å². The molecule has 0 saturated heterocycles. The van der Waals surface area contributed by atoms with Crippen LogP contribution in [0.25, 0.3) is 11.3 Å². The van der Waals surface area contributed by atoms with E-state index in [9.17, 15) is 4.79 Å². The molecule has 3 aromatic rings. The largest absolute Gasteiger partial charge is 0.342 e. The number of carbonyl (C=O) groups excluding carboxylic acids is 1. The number of nitrogens with zero attached hydrogens (tertiary/aromatic N) is 3. The molecule has 0 fully saturated rings. The van der Waals surface area contributed by atoms with Crippen LogP contribution in [-0.4, -0.2) is 22.4 Å². The molecule has 0 atom stereocenters. The van der Waals surface area contributed by atoms with Gasteiger partial charge in [0.05, 0.1) is 24.6 Å². The predicted octanol–water partition coefficient (Wildman–Crippen LogP) is 3.10. The molecule has 1 aliphatic heterocycles. The third kappa shape index (κ3) is 2.84. The van der Waals surface area contributed by atoms with E-state index in [1.165, 1.54) is 0 Å². The summed E-state index contributed by atoms with van der Waals surface area (Å²) in [6, 6.07) is 17.7. The molecule has 0 aliphatic carbocycles. The first-order valence-electron chi connectivity index (χ1n) is 7.80. The van der Waals surface area contributed by atoms with Gasteiger partial charge in [-0.3, -0.25) is 9.78 Å². The number of rotatable bonds is 2. The fraction of sp³-hybridized carbons (Fsp3) is 0.105. The lowest BCUT2D eigenvalue weighted by molar-refractivity contribution is -0.114. The summed E-state index contributed by atoms with van der Waals surface area (Å²) in [5.41, 5.74) is 3.73. The first-order chi connectivity index (χ1) is 11.8. The topological polar surface area (TPSA) is 58.1 Å². The van der Waals surface area contributed by atoms with E-state index in [0.29, 0.717) is 12.4 Å². The van der Waals surface area contributed by atoms with Gasteiger partial charge in [0.15, 0.2) is 0 Å². The van der Waals surface area contributed by atoms with Gasteiger partial charge < -0.3 is 10.2 Å². The number of nitrogens with one attached hydrogen (secondary N) is 1. The summed E-state index contributed by atoms with van der Waals surface area (Å²) in [7, 11) is 0. The molecule has 5 heteroatoms. The van der Waals surface area contributed by atoms with E-state index >= 15 is 0 Å². The Labute approximate surface area is 140 Å². The highest BCUT2D eigenvalue weighted by Gasteiger charge is 2.20. The molecule has 4 rings (SSSR count). The third-order valence-electron chi connectivity index (χ3n) is 4.00. The van der Waals surface area contributed by atoms with Gasteiger partial charge in [0.25, 0.3) is 0 Å². The van der Waals surface area contributed by atoms with Crippen LogP contribution in [0.15, 0.2) is 67.0 Å². The van der Waals surface area contributed by atoms with Crippen molar-refractivity contribution in [3.05, 3.63) is 72.6 Å². The molecular weight excluding hydrogens is 300 g/mol. The van der Waals surface area contributed by atoms with Gasteiger partial charge >= 0.3 is 0 Å². The Morgan fingerprint density at radius 2 is 1.71 bits per heavy atom. The second-order valence-corrected chi connectivity index (χ2v) is 5.69. The number of aromatic nitrogens is 2. The van der Waals surface area contributed by atoms with Crippen molar-refractivity contribution < 1.29 is 4.79 Å². The Kier molecular flexibility index (Phi) is 3.67. The van der Waals surface area contributed by atoms with Crippen molar-refractivity contribution in [2.45, 2.75) is 6.54 Å². The summed E-state index contributed by atoms with van der Waals surface area (Å²) in [6.45, 7) is 0.865. The minimum Gasteiger partial charge on any atom is -0.342 e. The molecule has 5 nitrogen and oxygen atoms in total. The number of anilines is 2. The van der Waals surface area contributed by atoms with Crippen molar-refractivity contribution in [1.82, 2.24) is 9.97 Å². The van der Waals surface area contributed by atoms with Crippen LogP contribution in [0.4, 0.5) is 11.5 Å². The standard InChI is InChI=1S/C19H16N4O/c24-19-13-23(12-15-8-4-5-9-16(15)22-19)18-11-20-10-17(21-18)14-6-2-1-3-7-14/h1-11H,12-13H2,(H,22,24). The van der Waals surface area contributed by atoms with Crippen LogP contribution in [0.5, 0.6) is 0 Å². The first-order valence-corrected chi connectivity index (χ1v) is 7.80. The monoisotopic (exact) mass is 316 g/mol. The zero-order chi connectivity index (χ0) is 16.4. The second kappa shape index (κ2) is 6.12. The van der Waals surface area contributed by atoms with Crippen molar-refractivity contribution in [2.75, 3.05) is 16.8 Å². The number of benzene rings is 2. The van der Waals surface area contributed by atoms with Crippen molar-refractivity contribution in [1.29, 1.82) is 0 Å². The first kappa shape index (κ1) is 14.4. The van der Waals surface area contributed by atoms with E-state index < -0.39 is 0 Å². The average molecular weight is 316 g/mol. The summed E-state index contributed by atoms with van der Waals surface area (Å²) in [5, 5.41) is 2.94. The van der Waals surface area contributed by atoms with Gasteiger partial charge in [-0.25, -0.2) is 4.98 Å². The third-order valence-corrected chi connectivity index (χ3v) is 4.00. The van der Waals surface area contributed by atoms with Gasteiger partial charge in [0.2, 0.25) is 5.91 Å². The number of para-hydroxylation sites is 1. The van der Waals surface area contributed by atoms with Crippen LogP contribution in [0.2, 0.25) is 0 Å². The van der Waals surface area contributed by atoms with Gasteiger partial charge in [-0.15, -0.1) is 0 Å². The van der Waals surface area contributed by atoms with E-state index in [4.69, 9.17) is 4.98 Å². The lowest BCUT2D eigenvalue weighted by Crippen LogP contribution is -2.30. The fourth-order valence-corrected chi connectivity index (χ4v) is 2.82. The Bertz CT molecular complexity index is 879. The minimum atomic E-state index is -0.0492. The SMILES string of the molecule is O=C1CN(c2cncc(-c3ccccc3)n2)Cc2ccccc2N1. The molecule has 2 aromatic carbocycles. The maximum absolute atomic E-state index is 12.2. The van der Waals surface area contributed by atoms with Crippen LogP contribution in [0, 0.1) is 0 Å². The van der Waals surface area contributed by atoms with E-state index in [-0.39, 0.29) is 12.5 Å². The zero-order valence-electron chi connectivity index (χ0n) is 13.0. The van der Waals surface area contributed by atoms with E-state index in [1.54, 1.807) is 12.4 Å². The number of amides is 1. The molecule has 2 heterocycles. The molecule has 0 radical (unpaired) electrons. The van der Waals surface area contributed by atoms with Gasteiger partial charge in [0.1, 0.15) is 5.82 Å². The Hall–Kier alpha value is -3.21. The summed E-state index contributed by atoms with van der Waals surface area (Å²) >= 11 is 0. The van der Waals surface area contributed by atoms with Crippen LogP contribution in [0.3, 0.4) is 0 Å². The fourth-order valence-electron chi connectivity index (χ4n) is 2.82. The van der Waals surface area contributed by atoms with Crippen LogP contribution in [-0.2, 0) is 11.3 Å². The van der Waals surface area contributed by atoms with Crippen molar-refractivity contribution in [3.63, 3.8) is 0 Å². The molecule has 0 saturated carbocycles. The molecule has 1 N–H and O–H groups in total. The van der Waals surface area contributed by atoms with Crippen molar-refractivity contribution in [3.8, 4) is 11.3 Å². The summed E-state index contributed by atoms with van der Waals surface area (Å²) in [6.07, 6.45) is 3.44. The Morgan fingerprint density at radius 3 is 2.58 bits per heavy atom. The quantitative estimate of drug-likeness (QED) is 0.789. The molecule has 0 spiro atoms. The van der Waals surface area contributed by atoms with Crippen LogP contribution in [0.1, 0.15) is 5.56 Å². The smallest absolute Gasteiger partial charge is 0.243 e. The molecule has 0 bridgehead atoms. The molecule has 1 aliphatic rings. The summed E-state index contributed by atoms with van der Waals surface area (Å²) < 4.78 is 0. The predicted molar refractivity (Wildman–Crippen MR) is 93.6 cm³/mol. The molecule has 0 unspecified atom stereocenters.